The molecule has 1 unspecified atom stereocenters. The number of furan rings is 1. The molecule has 5 heteroatoms. The van der Waals surface area contributed by atoms with Gasteiger partial charge < -0.3 is 14.7 Å². The summed E-state index contributed by atoms with van der Waals surface area (Å²) in [5.41, 5.74) is 7.22. The van der Waals surface area contributed by atoms with Crippen LogP contribution >= 0.6 is 0 Å². The second kappa shape index (κ2) is 5.17. The number of aromatic nitrogens is 2. The molecule has 1 saturated carbocycles. The number of rotatable bonds is 4. The van der Waals surface area contributed by atoms with Crippen molar-refractivity contribution in [1.29, 1.82) is 0 Å². The fourth-order valence-corrected chi connectivity index (χ4v) is 2.79. The Hall–Kier alpha value is -1.62. The summed E-state index contributed by atoms with van der Waals surface area (Å²) in [5, 5.41) is 3.96. The summed E-state index contributed by atoms with van der Waals surface area (Å²) < 4.78 is 10.6. The van der Waals surface area contributed by atoms with Gasteiger partial charge in [0.15, 0.2) is 5.76 Å². The predicted octanol–water partition coefficient (Wildman–Crippen LogP) is 2.70. The molecule has 0 aliphatic heterocycles. The predicted molar refractivity (Wildman–Crippen MR) is 70.4 cm³/mol. The Morgan fingerprint density at radius 3 is 2.89 bits per heavy atom. The van der Waals surface area contributed by atoms with Crippen LogP contribution in [0.4, 0.5) is 0 Å². The van der Waals surface area contributed by atoms with Crippen molar-refractivity contribution in [3.63, 3.8) is 0 Å². The highest BCUT2D eigenvalue weighted by Crippen LogP contribution is 2.28. The lowest BCUT2D eigenvalue weighted by molar-refractivity contribution is 0.341. The van der Waals surface area contributed by atoms with E-state index in [1.807, 2.05) is 13.0 Å². The fourth-order valence-electron chi connectivity index (χ4n) is 2.79. The van der Waals surface area contributed by atoms with E-state index < -0.39 is 0 Å². The van der Waals surface area contributed by atoms with Gasteiger partial charge in [-0.15, -0.1) is 0 Å². The molecule has 0 aromatic carbocycles. The third-order valence-electron chi connectivity index (χ3n) is 3.95. The summed E-state index contributed by atoms with van der Waals surface area (Å²) in [6.07, 6.45) is 7.30. The van der Waals surface area contributed by atoms with Crippen LogP contribution in [0, 0.1) is 12.8 Å². The Bertz CT molecular complexity index is 540. The Kier molecular flexibility index (Phi) is 3.38. The smallest absolute Gasteiger partial charge is 0.238 e. The lowest BCUT2D eigenvalue weighted by Gasteiger charge is -2.16. The van der Waals surface area contributed by atoms with E-state index in [1.54, 1.807) is 6.26 Å². The van der Waals surface area contributed by atoms with Crippen molar-refractivity contribution in [2.24, 2.45) is 11.7 Å². The molecule has 1 fully saturated rings. The summed E-state index contributed by atoms with van der Waals surface area (Å²) in [5.74, 6) is 2.38. The third-order valence-corrected chi connectivity index (χ3v) is 3.95. The molecule has 2 aromatic heterocycles. The second-order valence-corrected chi connectivity index (χ2v) is 5.36. The van der Waals surface area contributed by atoms with Crippen LogP contribution in [0.15, 0.2) is 21.3 Å². The van der Waals surface area contributed by atoms with Crippen LogP contribution < -0.4 is 5.73 Å². The normalized spacial score (nSPS) is 18.0. The van der Waals surface area contributed by atoms with E-state index in [2.05, 4.69) is 10.1 Å². The monoisotopic (exact) mass is 261 g/mol. The molecule has 5 nitrogen and oxygen atoms in total. The van der Waals surface area contributed by atoms with Crippen molar-refractivity contribution in [2.45, 2.75) is 45.1 Å². The van der Waals surface area contributed by atoms with Gasteiger partial charge in [-0.2, -0.15) is 4.98 Å². The van der Waals surface area contributed by atoms with Gasteiger partial charge in [-0.25, -0.2) is 0 Å². The molecule has 0 saturated heterocycles. The van der Waals surface area contributed by atoms with Crippen LogP contribution in [0.5, 0.6) is 0 Å². The molecular weight excluding hydrogens is 242 g/mol. The van der Waals surface area contributed by atoms with Gasteiger partial charge in [0.05, 0.1) is 6.26 Å². The summed E-state index contributed by atoms with van der Waals surface area (Å²) >= 11 is 0. The zero-order valence-electron chi connectivity index (χ0n) is 11.1. The van der Waals surface area contributed by atoms with E-state index in [4.69, 9.17) is 14.7 Å². The third kappa shape index (κ3) is 2.56. The molecular formula is C14H19N3O2. The van der Waals surface area contributed by atoms with Crippen molar-refractivity contribution in [2.75, 3.05) is 0 Å². The first-order chi connectivity index (χ1) is 9.24. The standard InChI is InChI=1S/C14H19N3O2/c1-9-6-7-18-13(9)14-16-12(19-17-14)8-11(15)10-4-2-3-5-10/h6-7,10-11H,2-5,8,15H2,1H3. The van der Waals surface area contributed by atoms with Crippen LogP contribution in [0.2, 0.25) is 0 Å². The first-order valence-electron chi connectivity index (χ1n) is 6.86. The van der Waals surface area contributed by atoms with Crippen molar-refractivity contribution in [3.05, 3.63) is 23.8 Å². The molecule has 1 atom stereocenters. The van der Waals surface area contributed by atoms with Crippen molar-refractivity contribution in [3.8, 4) is 11.6 Å². The molecule has 1 aliphatic rings. The number of nitrogens with two attached hydrogens (primary N) is 1. The van der Waals surface area contributed by atoms with Gasteiger partial charge in [-0.05, 0) is 37.3 Å². The minimum absolute atomic E-state index is 0.119. The van der Waals surface area contributed by atoms with Gasteiger partial charge in [0.25, 0.3) is 0 Å². The summed E-state index contributed by atoms with van der Waals surface area (Å²) in [6.45, 7) is 1.96. The van der Waals surface area contributed by atoms with Crippen molar-refractivity contribution in [1.82, 2.24) is 10.1 Å². The summed E-state index contributed by atoms with van der Waals surface area (Å²) in [6, 6.07) is 2.00. The number of aryl methyl sites for hydroxylation is 1. The van der Waals surface area contributed by atoms with Gasteiger partial charge in [0, 0.05) is 12.5 Å². The van der Waals surface area contributed by atoms with E-state index in [1.165, 1.54) is 25.7 Å². The van der Waals surface area contributed by atoms with Crippen molar-refractivity contribution < 1.29 is 8.94 Å². The quantitative estimate of drug-likeness (QED) is 0.915. The summed E-state index contributed by atoms with van der Waals surface area (Å²) in [4.78, 5) is 4.37. The molecule has 3 rings (SSSR count). The molecule has 0 spiro atoms. The van der Waals surface area contributed by atoms with E-state index >= 15 is 0 Å². The van der Waals surface area contributed by atoms with Crippen LogP contribution in [-0.4, -0.2) is 16.2 Å². The Balaban J connectivity index is 1.69. The first-order valence-corrected chi connectivity index (χ1v) is 6.86. The maximum absolute atomic E-state index is 6.22. The first kappa shape index (κ1) is 12.4. The minimum Gasteiger partial charge on any atom is -0.461 e. The number of hydrogen-bond donors (Lipinski definition) is 1. The van der Waals surface area contributed by atoms with E-state index in [0.29, 0.717) is 29.8 Å². The lowest BCUT2D eigenvalue weighted by atomic mass is 9.96. The highest BCUT2D eigenvalue weighted by Gasteiger charge is 2.24. The van der Waals surface area contributed by atoms with Gasteiger partial charge in [0.1, 0.15) is 0 Å². The topological polar surface area (TPSA) is 78.1 Å². The van der Waals surface area contributed by atoms with Gasteiger partial charge in [-0.1, -0.05) is 18.0 Å². The second-order valence-electron chi connectivity index (χ2n) is 5.36. The van der Waals surface area contributed by atoms with Gasteiger partial charge in [0.2, 0.25) is 11.7 Å². The molecule has 2 aromatic rings. The van der Waals surface area contributed by atoms with Crippen LogP contribution in [-0.2, 0) is 6.42 Å². The summed E-state index contributed by atoms with van der Waals surface area (Å²) in [7, 11) is 0. The van der Waals surface area contributed by atoms with Crippen LogP contribution in [0.3, 0.4) is 0 Å². The zero-order chi connectivity index (χ0) is 13.2. The minimum atomic E-state index is 0.119. The fraction of sp³-hybridized carbons (Fsp3) is 0.571. The van der Waals surface area contributed by atoms with E-state index in [-0.39, 0.29) is 6.04 Å². The SMILES string of the molecule is Cc1ccoc1-c1noc(CC(N)C2CCCC2)n1. The molecule has 2 N–H and O–H groups in total. The van der Waals surface area contributed by atoms with E-state index in [0.717, 1.165) is 5.56 Å². The number of nitrogens with zero attached hydrogens (tertiary/aromatic N) is 2. The highest BCUT2D eigenvalue weighted by atomic mass is 16.5. The molecule has 0 bridgehead atoms. The Morgan fingerprint density at radius 2 is 2.21 bits per heavy atom. The molecule has 102 valence electrons. The number of hydrogen-bond acceptors (Lipinski definition) is 5. The Morgan fingerprint density at radius 1 is 1.42 bits per heavy atom. The zero-order valence-corrected chi connectivity index (χ0v) is 11.1. The van der Waals surface area contributed by atoms with E-state index in [9.17, 15) is 0 Å². The maximum Gasteiger partial charge on any atom is 0.238 e. The van der Waals surface area contributed by atoms with Crippen molar-refractivity contribution >= 4 is 0 Å². The Labute approximate surface area is 112 Å². The van der Waals surface area contributed by atoms with Gasteiger partial charge >= 0.3 is 0 Å². The molecule has 1 aliphatic carbocycles. The lowest BCUT2D eigenvalue weighted by Crippen LogP contribution is -2.30. The molecule has 0 radical (unpaired) electrons. The molecule has 2 heterocycles. The average Bonchev–Trinajstić information content (AvgIpc) is 3.08. The molecule has 0 amide bonds. The van der Waals surface area contributed by atoms with Crippen LogP contribution in [0.25, 0.3) is 11.6 Å². The maximum atomic E-state index is 6.22. The molecule has 19 heavy (non-hydrogen) atoms. The van der Waals surface area contributed by atoms with Gasteiger partial charge in [-0.3, -0.25) is 0 Å². The largest absolute Gasteiger partial charge is 0.461 e. The van der Waals surface area contributed by atoms with Crippen LogP contribution in [0.1, 0.15) is 37.1 Å². The average molecular weight is 261 g/mol. The highest BCUT2D eigenvalue weighted by molar-refractivity contribution is 5.50.